The molecule has 0 radical (unpaired) electrons. The monoisotopic (exact) mass is 1030 g/mol. The summed E-state index contributed by atoms with van der Waals surface area (Å²) < 4.78 is 52.7. The topological polar surface area (TPSA) is 194 Å². The van der Waals surface area contributed by atoms with E-state index in [9.17, 15) is 47.5 Å². The fourth-order valence-corrected chi connectivity index (χ4v) is 9.89. The highest BCUT2D eigenvalue weighted by Gasteiger charge is 2.51. The van der Waals surface area contributed by atoms with E-state index in [1.54, 1.807) is 86.7 Å². The molecule has 0 bridgehead atoms. The Morgan fingerprint density at radius 3 is 2.28 bits per heavy atom. The molecule has 2 fully saturated rings. The van der Waals surface area contributed by atoms with Crippen molar-refractivity contribution in [3.8, 4) is 22.3 Å². The van der Waals surface area contributed by atoms with Gasteiger partial charge in [0.05, 0.1) is 58.1 Å². The normalized spacial score (nSPS) is 17.2. The first-order valence-electron chi connectivity index (χ1n) is 23.7. The highest BCUT2D eigenvalue weighted by molar-refractivity contribution is 7.81. The number of hydrogen-bond donors (Lipinski definition) is 3. The number of ether oxygens (including phenoxy) is 2. The van der Waals surface area contributed by atoms with Crippen LogP contribution in [0.15, 0.2) is 72.2 Å². The van der Waals surface area contributed by atoms with Crippen LogP contribution in [0.25, 0.3) is 10.4 Å². The van der Waals surface area contributed by atoms with Crippen molar-refractivity contribution in [1.82, 2.24) is 20.5 Å². The minimum atomic E-state index is -4.81. The molecule has 384 valence electrons. The average Bonchev–Trinajstić information content (AvgIpc) is 3.99. The molecule has 20 heteroatoms. The molecule has 0 aliphatic carbocycles. The Bertz CT molecular complexity index is 2660. The first-order chi connectivity index (χ1) is 34.0. The van der Waals surface area contributed by atoms with E-state index in [1.165, 1.54) is 11.0 Å². The molecule has 1 aromatic heterocycles. The highest BCUT2D eigenvalue weighted by Crippen LogP contribution is 2.40. The van der Waals surface area contributed by atoms with Crippen LogP contribution in [0.4, 0.5) is 24.5 Å². The summed E-state index contributed by atoms with van der Waals surface area (Å²) in [7, 11) is 0. The van der Waals surface area contributed by atoms with Crippen molar-refractivity contribution >= 4 is 69.5 Å². The lowest BCUT2D eigenvalue weighted by Crippen LogP contribution is -2.57. The van der Waals surface area contributed by atoms with E-state index in [2.05, 4.69) is 15.6 Å². The number of amides is 4. The Morgan fingerprint density at radius 2 is 1.64 bits per heavy atom. The molecule has 3 heterocycles. The number of aliphatic hydroxyl groups is 1. The van der Waals surface area contributed by atoms with Crippen molar-refractivity contribution < 1.29 is 51.7 Å². The molecule has 15 nitrogen and oxygen atoms in total. The zero-order chi connectivity index (χ0) is 52.5. The molecule has 2 saturated heterocycles. The van der Waals surface area contributed by atoms with Crippen molar-refractivity contribution in [3.63, 3.8) is 0 Å². The van der Waals surface area contributed by atoms with Gasteiger partial charge in [-0.05, 0) is 118 Å². The van der Waals surface area contributed by atoms with E-state index < -0.39 is 76.5 Å². The first kappa shape index (κ1) is 55.1. The number of nitrogens with one attached hydrogen (secondary N) is 2. The van der Waals surface area contributed by atoms with Crippen LogP contribution in [0.1, 0.15) is 102 Å². The van der Waals surface area contributed by atoms with Crippen LogP contribution in [0.2, 0.25) is 0 Å². The third-order valence-electron chi connectivity index (χ3n) is 12.5. The lowest BCUT2D eigenvalue weighted by atomic mass is 9.85. The molecular formula is C52H60F3N7O8S2. The van der Waals surface area contributed by atoms with Crippen LogP contribution in [0, 0.1) is 23.7 Å². The van der Waals surface area contributed by atoms with Gasteiger partial charge in [0.2, 0.25) is 17.7 Å². The number of Topliss-reactive ketones (excluding diaryl/α,β-unsaturated/α-hetero) is 1. The third-order valence-corrected chi connectivity index (χ3v) is 13.8. The Morgan fingerprint density at radius 1 is 0.972 bits per heavy atom. The maximum absolute atomic E-state index is 14.0. The van der Waals surface area contributed by atoms with Crippen molar-refractivity contribution in [2.45, 2.75) is 123 Å². The molecule has 3 N–H and O–H groups in total. The van der Waals surface area contributed by atoms with Gasteiger partial charge in [0.15, 0.2) is 5.11 Å². The van der Waals surface area contributed by atoms with E-state index in [1.807, 2.05) is 31.2 Å². The van der Waals surface area contributed by atoms with E-state index in [0.717, 1.165) is 58.0 Å². The van der Waals surface area contributed by atoms with Crippen molar-refractivity contribution in [3.05, 3.63) is 94.6 Å². The predicted molar refractivity (Wildman–Crippen MR) is 270 cm³/mol. The van der Waals surface area contributed by atoms with Gasteiger partial charge in [0, 0.05) is 44.8 Å². The summed E-state index contributed by atoms with van der Waals surface area (Å²) in [5, 5.41) is 25.4. The maximum atomic E-state index is 14.0. The molecule has 4 aromatic rings. The van der Waals surface area contributed by atoms with Crippen LogP contribution in [-0.2, 0) is 41.4 Å². The Kier molecular flexibility index (Phi) is 18.0. The van der Waals surface area contributed by atoms with Gasteiger partial charge in [-0.1, -0.05) is 45.0 Å². The summed E-state index contributed by atoms with van der Waals surface area (Å²) in [6.07, 6.45) is -3.31. The molecule has 4 amide bonds. The van der Waals surface area contributed by atoms with Gasteiger partial charge >= 0.3 is 6.18 Å². The summed E-state index contributed by atoms with van der Waals surface area (Å²) in [5.41, 5.74) is 1.34. The van der Waals surface area contributed by atoms with Gasteiger partial charge in [0.25, 0.3) is 5.91 Å². The fourth-order valence-electron chi connectivity index (χ4n) is 8.56. The fraction of sp³-hybridized carbons (Fsp3) is 0.462. The van der Waals surface area contributed by atoms with E-state index in [0.29, 0.717) is 37.7 Å². The highest BCUT2D eigenvalue weighted by atomic mass is 32.1. The second kappa shape index (κ2) is 23.5. The number of nitrogens with zero attached hydrogens (tertiary/aromatic N) is 5. The lowest BCUT2D eigenvalue weighted by Gasteiger charge is -2.35. The zero-order valence-electron chi connectivity index (χ0n) is 41.1. The van der Waals surface area contributed by atoms with Crippen LogP contribution >= 0.6 is 23.6 Å². The number of alkyl halides is 3. The molecule has 72 heavy (non-hydrogen) atoms. The minimum absolute atomic E-state index is 0.00949. The predicted octanol–water partition coefficient (Wildman–Crippen LogP) is 8.04. The molecule has 3 atom stereocenters. The number of thiazole rings is 1. The minimum Gasteiger partial charge on any atom is -0.494 e. The summed E-state index contributed by atoms with van der Waals surface area (Å²) in [6, 6.07) is 17.2. The number of aliphatic hydroxyl groups excluding tert-OH is 1. The van der Waals surface area contributed by atoms with E-state index in [4.69, 9.17) is 21.7 Å². The Hall–Kier alpha value is -6.27. The summed E-state index contributed by atoms with van der Waals surface area (Å²) in [4.78, 5) is 76.1. The molecule has 0 unspecified atom stereocenters. The molecule has 2 aliphatic rings. The van der Waals surface area contributed by atoms with Gasteiger partial charge in [-0.25, -0.2) is 4.98 Å². The number of ketones is 1. The van der Waals surface area contributed by atoms with Gasteiger partial charge < -0.3 is 35.0 Å². The number of likely N-dealkylation sites (tertiary alicyclic amines) is 1. The lowest BCUT2D eigenvalue weighted by molar-refractivity contribution is -0.144. The van der Waals surface area contributed by atoms with Crippen LogP contribution in [-0.4, -0.2) is 99.6 Å². The van der Waals surface area contributed by atoms with Crippen LogP contribution in [0.3, 0.4) is 0 Å². The summed E-state index contributed by atoms with van der Waals surface area (Å²) in [5.74, 6) is -1.80. The molecule has 0 spiro atoms. The maximum Gasteiger partial charge on any atom is 0.417 e. The smallest absolute Gasteiger partial charge is 0.417 e. The molecular weight excluding hydrogens is 972 g/mol. The van der Waals surface area contributed by atoms with Gasteiger partial charge in [-0.2, -0.15) is 18.4 Å². The largest absolute Gasteiger partial charge is 0.494 e. The number of aromatic nitrogens is 1. The molecule has 0 saturated carbocycles. The summed E-state index contributed by atoms with van der Waals surface area (Å²) >= 11 is 7.17. The number of anilines is 2. The van der Waals surface area contributed by atoms with Crippen molar-refractivity contribution in [2.75, 3.05) is 36.2 Å². The first-order valence-corrected chi connectivity index (χ1v) is 25.0. The number of unbranched alkanes of at least 4 members (excludes halogenated alkanes) is 2. The Balaban J connectivity index is 0.866. The molecule has 6 rings (SSSR count). The number of hydrogen-bond acceptors (Lipinski definition) is 12. The number of rotatable bonds is 21. The van der Waals surface area contributed by atoms with Crippen molar-refractivity contribution in [1.29, 1.82) is 5.26 Å². The second-order valence-electron chi connectivity index (χ2n) is 19.4. The molecule has 3 aromatic carbocycles. The molecule has 2 aliphatic heterocycles. The van der Waals surface area contributed by atoms with Crippen LogP contribution in [0.5, 0.6) is 5.75 Å². The number of thiocarbonyl (C=S) groups is 1. The van der Waals surface area contributed by atoms with Crippen molar-refractivity contribution in [2.24, 2.45) is 5.41 Å². The van der Waals surface area contributed by atoms with Crippen LogP contribution < -0.4 is 25.2 Å². The SMILES string of the molecule is Cc1ncsc1-c1ccc(CNC(=O)[C@@H]2C[C@@H](O)CN2C(=O)[C@@H](NC(=O)CC(=O)CCCOCCCCCOc2ccc(N3C(=S)N(c4ccc(C#N)c(C(F)(F)F)c4)C(=O)C3(C)C)cc2)C(C)(C)C)cc1. The van der Waals surface area contributed by atoms with Gasteiger partial charge in [-0.3, -0.25) is 28.9 Å². The Labute approximate surface area is 426 Å². The standard InChI is InChI=1S/C52H60F3N7O8S2/c1-32-44(72-31-58-32)34-14-12-33(13-15-34)29-57-46(66)42-26-39(64)30-60(42)47(67)45(50(2,3)4)59-43(65)27-38(63)11-10-23-69-22-8-7-9-24-70-40-20-18-36(19-21-40)62-49(71)61(48(68)51(62,5)6)37-17-16-35(28-56)41(25-37)52(53,54)55/h12-21,25,31,39,42,45,64H,7-11,22-24,26-27,29-30H2,1-6H3,(H,57,66)(H,59,65)/t39-,42+,45-/m1/s1. The average molecular weight is 1030 g/mol. The van der Waals surface area contributed by atoms with Gasteiger partial charge in [0.1, 0.15) is 29.2 Å². The second-order valence-corrected chi connectivity index (χ2v) is 20.7. The number of carbonyl (C=O) groups excluding carboxylic acids is 5. The summed E-state index contributed by atoms with van der Waals surface area (Å²) in [6.45, 7) is 11.9. The van der Waals surface area contributed by atoms with E-state index in [-0.39, 0.29) is 42.5 Å². The zero-order valence-corrected chi connectivity index (χ0v) is 42.8. The third kappa shape index (κ3) is 13.4. The number of halogens is 3. The van der Waals surface area contributed by atoms with E-state index >= 15 is 0 Å². The van der Waals surface area contributed by atoms with Gasteiger partial charge in [-0.15, -0.1) is 11.3 Å². The number of nitriles is 1. The number of aryl methyl sites for hydroxylation is 1. The number of carbonyl (C=O) groups is 5. The number of β-amino-alcohol motifs (C(OH)–C–C–N with tert-alkyl or cyclic N) is 1. The number of benzene rings is 3. The quantitative estimate of drug-likeness (QED) is 0.0414.